The molecule has 1 nitrogen and oxygen atoms in total. The third-order valence-electron chi connectivity index (χ3n) is 6.48. The van der Waals surface area contributed by atoms with Crippen LogP contribution in [-0.2, 0) is 12.8 Å². The van der Waals surface area contributed by atoms with Crippen LogP contribution in [0.3, 0.4) is 0 Å². The number of hydrogen-bond acceptors (Lipinski definition) is 1. The summed E-state index contributed by atoms with van der Waals surface area (Å²) < 4.78 is 0. The number of anilines is 1. The van der Waals surface area contributed by atoms with Gasteiger partial charge in [-0.2, -0.15) is 0 Å². The average molecular weight is 392 g/mol. The van der Waals surface area contributed by atoms with Crippen molar-refractivity contribution in [3.63, 3.8) is 0 Å². The van der Waals surface area contributed by atoms with Crippen LogP contribution in [0.5, 0.6) is 0 Å². The highest BCUT2D eigenvalue weighted by Gasteiger charge is 2.19. The van der Waals surface area contributed by atoms with Crippen LogP contribution >= 0.6 is 0 Å². The van der Waals surface area contributed by atoms with E-state index in [1.54, 1.807) is 0 Å². The Bertz CT molecular complexity index is 688. The number of aryl methyl sites for hydroxylation is 2. The van der Waals surface area contributed by atoms with E-state index in [4.69, 9.17) is 0 Å². The van der Waals surface area contributed by atoms with Gasteiger partial charge in [-0.1, -0.05) is 101 Å². The first-order valence-corrected chi connectivity index (χ1v) is 12.3. The summed E-state index contributed by atoms with van der Waals surface area (Å²) in [7, 11) is 0. The van der Waals surface area contributed by atoms with Gasteiger partial charge >= 0.3 is 0 Å². The van der Waals surface area contributed by atoms with Gasteiger partial charge in [-0.25, -0.2) is 0 Å². The largest absolute Gasteiger partial charge is 0.378 e. The fourth-order valence-electron chi connectivity index (χ4n) is 4.69. The highest BCUT2D eigenvalue weighted by molar-refractivity contribution is 5.48. The number of nitrogens with one attached hydrogen (secondary N) is 1. The molecule has 1 aliphatic rings. The second kappa shape index (κ2) is 12.7. The molecular formula is C28H41N. The molecule has 0 amide bonds. The summed E-state index contributed by atoms with van der Waals surface area (Å²) >= 11 is 0. The Balaban J connectivity index is 1.32. The number of hydrogen-bond donors (Lipinski definition) is 1. The van der Waals surface area contributed by atoms with Gasteiger partial charge in [0.2, 0.25) is 0 Å². The molecule has 0 fully saturated rings. The summed E-state index contributed by atoms with van der Waals surface area (Å²) in [4.78, 5) is 0. The lowest BCUT2D eigenvalue weighted by molar-refractivity contribution is 0.556. The van der Waals surface area contributed by atoms with Crippen LogP contribution in [-0.4, -0.2) is 0 Å². The van der Waals surface area contributed by atoms with Crippen LogP contribution in [0.4, 0.5) is 5.69 Å². The van der Waals surface area contributed by atoms with E-state index >= 15 is 0 Å². The second-order valence-electron chi connectivity index (χ2n) is 8.92. The molecule has 0 radical (unpaired) electrons. The van der Waals surface area contributed by atoms with Gasteiger partial charge in [0.05, 0.1) is 6.04 Å². The maximum absolute atomic E-state index is 3.77. The van der Waals surface area contributed by atoms with E-state index in [0.29, 0.717) is 6.04 Å². The Morgan fingerprint density at radius 3 is 2.14 bits per heavy atom. The van der Waals surface area contributed by atoms with Crippen molar-refractivity contribution in [2.24, 2.45) is 0 Å². The van der Waals surface area contributed by atoms with Gasteiger partial charge in [-0.3, -0.25) is 0 Å². The van der Waals surface area contributed by atoms with Gasteiger partial charge in [0.15, 0.2) is 0 Å². The van der Waals surface area contributed by atoms with Crippen molar-refractivity contribution in [3.8, 4) is 0 Å². The van der Waals surface area contributed by atoms with Crippen molar-refractivity contribution >= 4 is 5.69 Å². The Morgan fingerprint density at radius 2 is 1.41 bits per heavy atom. The lowest BCUT2D eigenvalue weighted by Crippen LogP contribution is -2.17. The van der Waals surface area contributed by atoms with Crippen LogP contribution in [0, 0.1) is 0 Å². The van der Waals surface area contributed by atoms with Crippen LogP contribution in [0.15, 0.2) is 48.5 Å². The van der Waals surface area contributed by atoms with E-state index in [1.165, 1.54) is 112 Å². The van der Waals surface area contributed by atoms with Crippen LogP contribution in [0.1, 0.15) is 107 Å². The summed E-state index contributed by atoms with van der Waals surface area (Å²) in [5.74, 6) is 0. The van der Waals surface area contributed by atoms with E-state index in [2.05, 4.69) is 60.8 Å². The zero-order chi connectivity index (χ0) is 20.2. The minimum atomic E-state index is 0.466. The molecule has 1 N–H and O–H groups in total. The standard InChI is InChI=1S/C28H41N/c1-2-3-4-5-6-7-8-9-10-11-15-24-20-22-26(23-21-24)29-28-19-14-17-25-16-12-13-18-27(25)28/h12-13,16,18,20-23,28-29H,2-11,14-15,17,19H2,1H3. The van der Waals surface area contributed by atoms with Gasteiger partial charge in [-0.15, -0.1) is 0 Å². The summed E-state index contributed by atoms with van der Waals surface area (Å²) in [5, 5.41) is 3.77. The number of unbranched alkanes of at least 4 members (excludes halogenated alkanes) is 9. The first-order chi connectivity index (χ1) is 14.4. The van der Waals surface area contributed by atoms with Gasteiger partial charge < -0.3 is 5.32 Å². The van der Waals surface area contributed by atoms with Crippen molar-refractivity contribution in [2.75, 3.05) is 5.32 Å². The molecule has 0 aliphatic heterocycles. The molecule has 0 bridgehead atoms. The van der Waals surface area contributed by atoms with Gasteiger partial charge in [-0.05, 0) is 60.9 Å². The van der Waals surface area contributed by atoms with Crippen LogP contribution in [0.2, 0.25) is 0 Å². The summed E-state index contributed by atoms with van der Waals surface area (Å²) in [6, 6.07) is 18.6. The Morgan fingerprint density at radius 1 is 0.759 bits per heavy atom. The number of fused-ring (bicyclic) bond motifs is 1. The number of rotatable bonds is 13. The molecule has 0 saturated heterocycles. The van der Waals surface area contributed by atoms with Crippen LogP contribution in [0.25, 0.3) is 0 Å². The lowest BCUT2D eigenvalue weighted by Gasteiger charge is -2.27. The Hall–Kier alpha value is -1.76. The molecule has 158 valence electrons. The predicted octanol–water partition coefficient (Wildman–Crippen LogP) is 8.64. The fourth-order valence-corrected chi connectivity index (χ4v) is 4.69. The van der Waals surface area contributed by atoms with Crippen molar-refractivity contribution in [1.82, 2.24) is 0 Å². The van der Waals surface area contributed by atoms with E-state index in [0.717, 1.165) is 0 Å². The molecule has 0 heterocycles. The molecule has 3 rings (SSSR count). The monoisotopic (exact) mass is 391 g/mol. The molecule has 1 aliphatic carbocycles. The quantitative estimate of drug-likeness (QED) is 0.337. The number of benzene rings is 2. The normalized spacial score (nSPS) is 15.8. The summed E-state index contributed by atoms with van der Waals surface area (Å²) in [6.45, 7) is 2.29. The maximum Gasteiger partial charge on any atom is 0.0516 e. The Labute approximate surface area is 179 Å². The van der Waals surface area contributed by atoms with E-state index in [-0.39, 0.29) is 0 Å². The molecule has 1 heteroatoms. The van der Waals surface area contributed by atoms with Crippen molar-refractivity contribution < 1.29 is 0 Å². The van der Waals surface area contributed by atoms with Gasteiger partial charge in [0.1, 0.15) is 0 Å². The van der Waals surface area contributed by atoms with Crippen molar-refractivity contribution in [2.45, 2.75) is 103 Å². The highest BCUT2D eigenvalue weighted by atomic mass is 14.9. The lowest BCUT2D eigenvalue weighted by atomic mass is 9.87. The smallest absolute Gasteiger partial charge is 0.0516 e. The van der Waals surface area contributed by atoms with Crippen LogP contribution < -0.4 is 5.32 Å². The molecular weight excluding hydrogens is 350 g/mol. The first-order valence-electron chi connectivity index (χ1n) is 12.3. The molecule has 2 aromatic rings. The zero-order valence-electron chi connectivity index (χ0n) is 18.6. The van der Waals surface area contributed by atoms with Crippen molar-refractivity contribution in [3.05, 3.63) is 65.2 Å². The minimum absolute atomic E-state index is 0.466. The molecule has 0 spiro atoms. The maximum atomic E-state index is 3.77. The summed E-state index contributed by atoms with van der Waals surface area (Å²) in [5.41, 5.74) is 5.76. The SMILES string of the molecule is CCCCCCCCCCCCc1ccc(NC2CCCc3ccccc32)cc1. The average Bonchev–Trinajstić information content (AvgIpc) is 2.76. The van der Waals surface area contributed by atoms with E-state index in [9.17, 15) is 0 Å². The van der Waals surface area contributed by atoms with Crippen molar-refractivity contribution in [1.29, 1.82) is 0 Å². The van der Waals surface area contributed by atoms with E-state index in [1.807, 2.05) is 0 Å². The van der Waals surface area contributed by atoms with Gasteiger partial charge in [0.25, 0.3) is 0 Å². The molecule has 0 aromatic heterocycles. The molecule has 2 aromatic carbocycles. The van der Waals surface area contributed by atoms with E-state index < -0.39 is 0 Å². The molecule has 29 heavy (non-hydrogen) atoms. The molecule has 1 unspecified atom stereocenters. The zero-order valence-corrected chi connectivity index (χ0v) is 18.6. The minimum Gasteiger partial charge on any atom is -0.378 e. The third kappa shape index (κ3) is 7.53. The van der Waals surface area contributed by atoms with Gasteiger partial charge in [0, 0.05) is 5.69 Å². The summed E-state index contributed by atoms with van der Waals surface area (Å²) in [6.07, 6.45) is 19.1. The topological polar surface area (TPSA) is 12.0 Å². The fraction of sp³-hybridized carbons (Fsp3) is 0.571. The molecule has 1 atom stereocenters. The molecule has 0 saturated carbocycles. The highest BCUT2D eigenvalue weighted by Crippen LogP contribution is 2.32. The first kappa shape index (κ1) is 21.9. The third-order valence-corrected chi connectivity index (χ3v) is 6.48. The predicted molar refractivity (Wildman–Crippen MR) is 128 cm³/mol. The second-order valence-corrected chi connectivity index (χ2v) is 8.92. The Kier molecular flexibility index (Phi) is 9.63.